The van der Waals surface area contributed by atoms with E-state index in [-0.39, 0.29) is 23.9 Å². The average molecular weight is 296 g/mol. The summed E-state index contributed by atoms with van der Waals surface area (Å²) in [7, 11) is 0. The third kappa shape index (κ3) is 4.35. The molecule has 21 heavy (non-hydrogen) atoms. The summed E-state index contributed by atoms with van der Waals surface area (Å²) in [4.78, 5) is 22.9. The molecule has 2 bridgehead atoms. The number of carbonyl (C=O) groups excluding carboxylic acids is 1. The highest BCUT2D eigenvalue weighted by molar-refractivity contribution is 5.75. The maximum Gasteiger partial charge on any atom is 0.315 e. The van der Waals surface area contributed by atoms with Crippen LogP contribution in [0.15, 0.2) is 0 Å². The number of hydrogen-bond acceptors (Lipinski definition) is 2. The zero-order valence-corrected chi connectivity index (χ0v) is 13.3. The second-order valence-corrected chi connectivity index (χ2v) is 7.81. The molecule has 2 aliphatic carbocycles. The predicted octanol–water partition coefficient (Wildman–Crippen LogP) is 2.61. The van der Waals surface area contributed by atoms with Crippen molar-refractivity contribution in [3.05, 3.63) is 0 Å². The van der Waals surface area contributed by atoms with E-state index in [1.807, 2.05) is 20.8 Å². The Morgan fingerprint density at radius 2 is 1.95 bits per heavy atom. The molecule has 0 aliphatic heterocycles. The van der Waals surface area contributed by atoms with E-state index in [0.717, 1.165) is 18.4 Å². The van der Waals surface area contributed by atoms with Crippen LogP contribution in [0, 0.1) is 23.2 Å². The van der Waals surface area contributed by atoms with Crippen molar-refractivity contribution in [3.63, 3.8) is 0 Å². The molecule has 0 spiro atoms. The fourth-order valence-corrected chi connectivity index (χ4v) is 3.81. The van der Waals surface area contributed by atoms with Crippen molar-refractivity contribution >= 4 is 12.0 Å². The Hall–Kier alpha value is -1.26. The molecule has 0 heterocycles. The van der Waals surface area contributed by atoms with Crippen LogP contribution in [0.25, 0.3) is 0 Å². The molecule has 0 radical (unpaired) electrons. The Morgan fingerprint density at radius 1 is 1.24 bits per heavy atom. The van der Waals surface area contributed by atoms with Crippen molar-refractivity contribution in [2.24, 2.45) is 23.2 Å². The van der Waals surface area contributed by atoms with Crippen molar-refractivity contribution in [3.8, 4) is 0 Å². The second-order valence-electron chi connectivity index (χ2n) is 7.81. The van der Waals surface area contributed by atoms with E-state index in [1.54, 1.807) is 0 Å². The van der Waals surface area contributed by atoms with Gasteiger partial charge in [-0.1, -0.05) is 27.2 Å². The Kier molecular flexibility index (Phi) is 4.79. The first kappa shape index (κ1) is 16.1. The standard InChI is InChI=1S/C16H28N2O3/c1-16(2,3)13(8-14(19)20)18-15(21)17-9-12-7-10-4-5-11(12)6-10/h10-13H,4-9H2,1-3H3,(H,19,20)(H2,17,18,21). The minimum absolute atomic E-state index is 0.0505. The predicted molar refractivity (Wildman–Crippen MR) is 81.0 cm³/mol. The smallest absolute Gasteiger partial charge is 0.315 e. The first-order valence-electron chi connectivity index (χ1n) is 8.02. The number of nitrogens with one attached hydrogen (secondary N) is 2. The van der Waals surface area contributed by atoms with E-state index in [1.165, 1.54) is 25.7 Å². The number of carboxylic acids is 1. The van der Waals surface area contributed by atoms with Gasteiger partial charge in [0.1, 0.15) is 0 Å². The summed E-state index contributed by atoms with van der Waals surface area (Å²) in [6.07, 6.45) is 5.19. The molecule has 2 fully saturated rings. The van der Waals surface area contributed by atoms with Crippen LogP contribution in [0.1, 0.15) is 52.9 Å². The summed E-state index contributed by atoms with van der Waals surface area (Å²) < 4.78 is 0. The molecule has 5 heteroatoms. The zero-order chi connectivity index (χ0) is 15.6. The van der Waals surface area contributed by atoms with Crippen LogP contribution >= 0.6 is 0 Å². The van der Waals surface area contributed by atoms with Gasteiger partial charge in [0.15, 0.2) is 0 Å². The van der Waals surface area contributed by atoms with E-state index >= 15 is 0 Å². The molecule has 2 saturated carbocycles. The highest BCUT2D eigenvalue weighted by atomic mass is 16.4. The van der Waals surface area contributed by atoms with Gasteiger partial charge < -0.3 is 15.7 Å². The van der Waals surface area contributed by atoms with Gasteiger partial charge in [-0.15, -0.1) is 0 Å². The largest absolute Gasteiger partial charge is 0.481 e. The number of rotatable bonds is 5. The molecule has 120 valence electrons. The quantitative estimate of drug-likeness (QED) is 0.729. The van der Waals surface area contributed by atoms with Crippen molar-refractivity contribution < 1.29 is 14.7 Å². The molecular formula is C16H28N2O3. The fourth-order valence-electron chi connectivity index (χ4n) is 3.81. The van der Waals surface area contributed by atoms with Crippen molar-refractivity contribution in [2.45, 2.75) is 58.9 Å². The lowest BCUT2D eigenvalue weighted by atomic mass is 9.85. The first-order valence-corrected chi connectivity index (χ1v) is 8.02. The van der Waals surface area contributed by atoms with E-state index in [4.69, 9.17) is 5.11 Å². The maximum atomic E-state index is 12.0. The number of hydrogen-bond donors (Lipinski definition) is 3. The van der Waals surface area contributed by atoms with E-state index in [9.17, 15) is 9.59 Å². The Balaban J connectivity index is 1.78. The number of amides is 2. The summed E-state index contributed by atoms with van der Waals surface area (Å²) in [6.45, 7) is 6.54. The highest BCUT2D eigenvalue weighted by Crippen LogP contribution is 2.47. The van der Waals surface area contributed by atoms with Gasteiger partial charge in [-0.05, 0) is 42.4 Å². The highest BCUT2D eigenvalue weighted by Gasteiger charge is 2.39. The lowest BCUT2D eigenvalue weighted by Crippen LogP contribution is -2.49. The number of aliphatic carboxylic acids is 1. The molecule has 2 rings (SSSR count). The van der Waals surface area contributed by atoms with Gasteiger partial charge in [0.05, 0.1) is 6.42 Å². The van der Waals surface area contributed by atoms with Gasteiger partial charge in [0, 0.05) is 12.6 Å². The maximum absolute atomic E-state index is 12.0. The average Bonchev–Trinajstić information content (AvgIpc) is 2.96. The van der Waals surface area contributed by atoms with Crippen LogP contribution in [0.2, 0.25) is 0 Å². The molecule has 2 amide bonds. The summed E-state index contributed by atoms with van der Waals surface area (Å²) >= 11 is 0. The first-order chi connectivity index (χ1) is 9.75. The third-order valence-corrected chi connectivity index (χ3v) is 5.14. The minimum atomic E-state index is -0.886. The molecule has 0 aromatic heterocycles. The number of carbonyl (C=O) groups is 2. The molecule has 5 nitrogen and oxygen atoms in total. The van der Waals surface area contributed by atoms with Gasteiger partial charge in [-0.3, -0.25) is 4.79 Å². The van der Waals surface area contributed by atoms with Gasteiger partial charge in [-0.2, -0.15) is 0 Å². The van der Waals surface area contributed by atoms with E-state index in [0.29, 0.717) is 5.92 Å². The summed E-state index contributed by atoms with van der Waals surface area (Å²) in [5.41, 5.74) is -0.276. The minimum Gasteiger partial charge on any atom is -0.481 e. The molecule has 0 aromatic carbocycles. The summed E-state index contributed by atoms with van der Waals surface area (Å²) in [6, 6.07) is -0.603. The second kappa shape index (κ2) is 6.24. The number of urea groups is 1. The zero-order valence-electron chi connectivity index (χ0n) is 13.3. The Labute approximate surface area is 126 Å². The van der Waals surface area contributed by atoms with Crippen molar-refractivity contribution in [2.75, 3.05) is 6.54 Å². The third-order valence-electron chi connectivity index (χ3n) is 5.14. The summed E-state index contributed by atoms with van der Waals surface area (Å²) in [5, 5.41) is 14.7. The lowest BCUT2D eigenvalue weighted by molar-refractivity contribution is -0.138. The molecular weight excluding hydrogens is 268 g/mol. The topological polar surface area (TPSA) is 78.4 Å². The molecule has 0 saturated heterocycles. The Bertz CT molecular complexity index is 403. The number of carboxylic acid groups (broad SMARTS) is 1. The monoisotopic (exact) mass is 296 g/mol. The van der Waals surface area contributed by atoms with Gasteiger partial charge in [-0.25, -0.2) is 4.79 Å². The van der Waals surface area contributed by atoms with Crippen LogP contribution in [0.5, 0.6) is 0 Å². The van der Waals surface area contributed by atoms with Crippen LogP contribution in [0.4, 0.5) is 4.79 Å². The fraction of sp³-hybridized carbons (Fsp3) is 0.875. The molecule has 0 aromatic rings. The van der Waals surface area contributed by atoms with Gasteiger partial charge in [0.25, 0.3) is 0 Å². The lowest BCUT2D eigenvalue weighted by Gasteiger charge is -2.31. The van der Waals surface area contributed by atoms with Crippen LogP contribution in [0.3, 0.4) is 0 Å². The molecule has 3 N–H and O–H groups in total. The van der Waals surface area contributed by atoms with E-state index < -0.39 is 5.97 Å². The Morgan fingerprint density at radius 3 is 2.43 bits per heavy atom. The molecule has 4 atom stereocenters. The van der Waals surface area contributed by atoms with Crippen LogP contribution < -0.4 is 10.6 Å². The van der Waals surface area contributed by atoms with Gasteiger partial charge >= 0.3 is 12.0 Å². The van der Waals surface area contributed by atoms with E-state index in [2.05, 4.69) is 10.6 Å². The van der Waals surface area contributed by atoms with Crippen LogP contribution in [-0.2, 0) is 4.79 Å². The summed E-state index contributed by atoms with van der Waals surface area (Å²) in [5.74, 6) is 1.39. The molecule has 2 aliphatic rings. The molecule has 4 unspecified atom stereocenters. The van der Waals surface area contributed by atoms with Gasteiger partial charge in [0.2, 0.25) is 0 Å². The van der Waals surface area contributed by atoms with Crippen molar-refractivity contribution in [1.82, 2.24) is 10.6 Å². The normalized spacial score (nSPS) is 29.2. The van der Waals surface area contributed by atoms with Crippen LogP contribution in [-0.4, -0.2) is 29.7 Å². The van der Waals surface area contributed by atoms with Crippen molar-refractivity contribution in [1.29, 1.82) is 0 Å². The number of fused-ring (bicyclic) bond motifs is 2. The SMILES string of the molecule is CC(C)(C)C(CC(=O)O)NC(=O)NCC1CC2CCC1C2.